The van der Waals surface area contributed by atoms with E-state index in [1.54, 1.807) is 0 Å². The first-order valence-electron chi connectivity index (χ1n) is 7.11. The largest absolute Gasteiger partial charge is 0.379 e. The van der Waals surface area contributed by atoms with E-state index in [-0.39, 0.29) is 6.10 Å². The van der Waals surface area contributed by atoms with Gasteiger partial charge in [-0.2, -0.15) is 0 Å². The molecule has 1 unspecified atom stereocenters. The van der Waals surface area contributed by atoms with Crippen molar-refractivity contribution in [2.24, 2.45) is 0 Å². The van der Waals surface area contributed by atoms with Crippen LogP contribution >= 0.6 is 0 Å². The average molecular weight is 266 g/mol. The Balaban J connectivity index is 2.34. The molecule has 0 fully saturated rings. The van der Waals surface area contributed by atoms with Gasteiger partial charge in [-0.25, -0.2) is 0 Å². The zero-order chi connectivity index (χ0) is 13.9. The second-order valence-electron chi connectivity index (χ2n) is 4.58. The van der Waals surface area contributed by atoms with Gasteiger partial charge in [-0.3, -0.25) is 4.98 Å². The van der Waals surface area contributed by atoms with Crippen LogP contribution in [0.15, 0.2) is 18.2 Å². The number of rotatable bonds is 10. The van der Waals surface area contributed by atoms with E-state index in [0.717, 1.165) is 37.5 Å². The van der Waals surface area contributed by atoms with Crippen LogP contribution in [-0.4, -0.2) is 30.8 Å². The maximum Gasteiger partial charge on any atom is 0.0892 e. The van der Waals surface area contributed by atoms with Gasteiger partial charge in [0.1, 0.15) is 0 Å². The molecule has 1 aromatic rings. The number of nitrogens with zero attached hydrogens (tertiary/aromatic N) is 1. The molecule has 1 aromatic heterocycles. The predicted molar refractivity (Wildman–Crippen MR) is 77.0 cm³/mol. The van der Waals surface area contributed by atoms with Gasteiger partial charge in [0.2, 0.25) is 0 Å². The van der Waals surface area contributed by atoms with E-state index in [9.17, 15) is 0 Å². The highest BCUT2D eigenvalue weighted by atomic mass is 16.5. The summed E-state index contributed by atoms with van der Waals surface area (Å²) in [4.78, 5) is 4.57. The first kappa shape index (κ1) is 16.1. The van der Waals surface area contributed by atoms with Crippen LogP contribution in [0.2, 0.25) is 0 Å². The van der Waals surface area contributed by atoms with Crippen molar-refractivity contribution in [3.05, 3.63) is 29.6 Å². The normalized spacial score (nSPS) is 12.6. The zero-order valence-corrected chi connectivity index (χ0v) is 12.3. The maximum absolute atomic E-state index is 5.70. The zero-order valence-electron chi connectivity index (χ0n) is 12.3. The minimum Gasteiger partial charge on any atom is -0.379 e. The second-order valence-corrected chi connectivity index (χ2v) is 4.58. The molecule has 0 aliphatic rings. The first-order chi connectivity index (χ1) is 9.26. The van der Waals surface area contributed by atoms with Gasteiger partial charge in [-0.15, -0.1) is 0 Å². The summed E-state index contributed by atoms with van der Waals surface area (Å²) in [5, 5.41) is 3.35. The molecule has 0 aliphatic heterocycles. The molecule has 0 saturated carbocycles. The molecule has 1 N–H and O–H groups in total. The summed E-state index contributed by atoms with van der Waals surface area (Å²) in [6.45, 7) is 9.90. The van der Waals surface area contributed by atoms with Crippen LogP contribution in [0.5, 0.6) is 0 Å². The lowest BCUT2D eigenvalue weighted by Crippen LogP contribution is -2.17. The van der Waals surface area contributed by atoms with Gasteiger partial charge in [0, 0.05) is 13.2 Å². The van der Waals surface area contributed by atoms with E-state index >= 15 is 0 Å². The van der Waals surface area contributed by atoms with Gasteiger partial charge in [0.15, 0.2) is 0 Å². The van der Waals surface area contributed by atoms with Crippen LogP contribution in [-0.2, 0) is 22.6 Å². The molecule has 0 bridgehead atoms. The smallest absolute Gasteiger partial charge is 0.0892 e. The highest BCUT2D eigenvalue weighted by Crippen LogP contribution is 2.04. The van der Waals surface area contributed by atoms with Crippen molar-refractivity contribution in [1.82, 2.24) is 10.3 Å². The quantitative estimate of drug-likeness (QED) is 0.661. The Morgan fingerprint density at radius 1 is 1.26 bits per heavy atom. The van der Waals surface area contributed by atoms with Crippen molar-refractivity contribution in [3.8, 4) is 0 Å². The molecule has 0 aromatic carbocycles. The third-order valence-electron chi connectivity index (χ3n) is 2.67. The number of hydrogen-bond donors (Lipinski definition) is 1. The highest BCUT2D eigenvalue weighted by molar-refractivity contribution is 5.10. The van der Waals surface area contributed by atoms with Crippen molar-refractivity contribution < 1.29 is 9.47 Å². The summed E-state index contributed by atoms with van der Waals surface area (Å²) >= 11 is 0. The van der Waals surface area contributed by atoms with Crippen molar-refractivity contribution in [2.75, 3.05) is 19.8 Å². The average Bonchev–Trinajstić information content (AvgIpc) is 2.44. The summed E-state index contributed by atoms with van der Waals surface area (Å²) < 4.78 is 11.0. The van der Waals surface area contributed by atoms with Gasteiger partial charge < -0.3 is 14.8 Å². The number of ether oxygens (including phenoxy) is 2. The number of pyridine rings is 1. The molecule has 0 saturated heterocycles. The Hall–Kier alpha value is -0.970. The molecule has 0 spiro atoms. The molecule has 0 amide bonds. The predicted octanol–water partition coefficient (Wildman–Crippen LogP) is 2.52. The van der Waals surface area contributed by atoms with Crippen LogP contribution in [0.1, 0.15) is 38.6 Å². The van der Waals surface area contributed by atoms with Gasteiger partial charge in [-0.05, 0) is 38.9 Å². The molecule has 4 heteroatoms. The summed E-state index contributed by atoms with van der Waals surface area (Å²) in [7, 11) is 0. The van der Waals surface area contributed by atoms with Gasteiger partial charge >= 0.3 is 0 Å². The van der Waals surface area contributed by atoms with Crippen molar-refractivity contribution in [1.29, 1.82) is 0 Å². The Bertz CT molecular complexity index is 345. The van der Waals surface area contributed by atoms with Gasteiger partial charge in [-0.1, -0.05) is 13.0 Å². The Kier molecular flexibility index (Phi) is 8.38. The minimum absolute atomic E-state index is 0.101. The van der Waals surface area contributed by atoms with Crippen molar-refractivity contribution >= 4 is 0 Å². The molecular formula is C15H26N2O2. The molecular weight excluding hydrogens is 240 g/mol. The molecule has 108 valence electrons. The Labute approximate surface area is 116 Å². The molecule has 19 heavy (non-hydrogen) atoms. The molecule has 1 atom stereocenters. The van der Waals surface area contributed by atoms with E-state index in [2.05, 4.69) is 17.2 Å². The number of nitrogens with one attached hydrogen (secondary N) is 1. The van der Waals surface area contributed by atoms with Crippen molar-refractivity contribution in [3.63, 3.8) is 0 Å². The minimum atomic E-state index is 0.101. The lowest BCUT2D eigenvalue weighted by atomic mass is 10.3. The van der Waals surface area contributed by atoms with Crippen LogP contribution < -0.4 is 5.32 Å². The molecule has 4 nitrogen and oxygen atoms in total. The van der Waals surface area contributed by atoms with E-state index in [1.165, 1.54) is 0 Å². The third kappa shape index (κ3) is 7.25. The first-order valence-corrected chi connectivity index (χ1v) is 7.11. The van der Waals surface area contributed by atoms with Crippen LogP contribution in [0, 0.1) is 0 Å². The van der Waals surface area contributed by atoms with Crippen molar-refractivity contribution in [2.45, 2.75) is 46.4 Å². The lowest BCUT2D eigenvalue weighted by molar-refractivity contribution is -0.0127. The van der Waals surface area contributed by atoms with E-state index in [0.29, 0.717) is 13.2 Å². The summed E-state index contributed by atoms with van der Waals surface area (Å²) in [6, 6.07) is 6.06. The van der Waals surface area contributed by atoms with Crippen LogP contribution in [0.25, 0.3) is 0 Å². The Morgan fingerprint density at radius 3 is 2.79 bits per heavy atom. The highest BCUT2D eigenvalue weighted by Gasteiger charge is 2.04. The lowest BCUT2D eigenvalue weighted by Gasteiger charge is -2.13. The standard InChI is InChI=1S/C15H26N2O2/c1-4-9-16-10-14-7-6-8-15(17-14)12-19-13(3)11-18-5-2/h6-8,13,16H,4-5,9-12H2,1-3H3. The third-order valence-corrected chi connectivity index (χ3v) is 2.67. The topological polar surface area (TPSA) is 43.4 Å². The Morgan fingerprint density at radius 2 is 2.05 bits per heavy atom. The van der Waals surface area contributed by atoms with Gasteiger partial charge in [0.05, 0.1) is 30.7 Å². The van der Waals surface area contributed by atoms with Crippen LogP contribution in [0.3, 0.4) is 0 Å². The summed E-state index contributed by atoms with van der Waals surface area (Å²) in [5.74, 6) is 0. The van der Waals surface area contributed by atoms with E-state index in [4.69, 9.17) is 9.47 Å². The number of aromatic nitrogens is 1. The molecule has 1 rings (SSSR count). The fourth-order valence-electron chi connectivity index (χ4n) is 1.66. The molecule has 1 heterocycles. The fraction of sp³-hybridized carbons (Fsp3) is 0.667. The maximum atomic E-state index is 5.70. The SMILES string of the molecule is CCCNCc1cccc(COC(C)COCC)n1. The van der Waals surface area contributed by atoms with E-state index in [1.807, 2.05) is 32.0 Å². The molecule has 0 radical (unpaired) electrons. The fourth-order valence-corrected chi connectivity index (χ4v) is 1.66. The van der Waals surface area contributed by atoms with Crippen LogP contribution in [0.4, 0.5) is 0 Å². The molecule has 0 aliphatic carbocycles. The second kappa shape index (κ2) is 9.89. The summed E-state index contributed by atoms with van der Waals surface area (Å²) in [5.41, 5.74) is 2.03. The van der Waals surface area contributed by atoms with Gasteiger partial charge in [0.25, 0.3) is 0 Å². The monoisotopic (exact) mass is 266 g/mol. The van der Waals surface area contributed by atoms with E-state index < -0.39 is 0 Å². The number of hydrogen-bond acceptors (Lipinski definition) is 4. The summed E-state index contributed by atoms with van der Waals surface area (Å²) in [6.07, 6.45) is 1.24.